The fraction of sp³-hybridized carbons (Fsp3) is 0.182. The Balaban J connectivity index is 1.72. The van der Waals surface area contributed by atoms with Crippen LogP contribution in [0, 0.1) is 19.7 Å². The highest BCUT2D eigenvalue weighted by atomic mass is 19.1. The van der Waals surface area contributed by atoms with Crippen LogP contribution in [0.1, 0.15) is 37.7 Å². The first-order chi connectivity index (χ1) is 13.9. The highest BCUT2D eigenvalue weighted by Gasteiger charge is 2.22. The molecule has 0 saturated heterocycles. The highest BCUT2D eigenvalue weighted by molar-refractivity contribution is 6.06. The van der Waals surface area contributed by atoms with Crippen LogP contribution in [-0.4, -0.2) is 24.0 Å². The summed E-state index contributed by atoms with van der Waals surface area (Å²) in [6.45, 7) is 3.62. The van der Waals surface area contributed by atoms with Crippen molar-refractivity contribution in [3.05, 3.63) is 82.4 Å². The molecule has 0 bridgehead atoms. The van der Waals surface area contributed by atoms with Crippen molar-refractivity contribution in [1.29, 1.82) is 0 Å². The van der Waals surface area contributed by atoms with Crippen LogP contribution < -0.4 is 10.1 Å². The van der Waals surface area contributed by atoms with Gasteiger partial charge in [0, 0.05) is 17.4 Å². The summed E-state index contributed by atoms with van der Waals surface area (Å²) >= 11 is 0. The van der Waals surface area contributed by atoms with Crippen molar-refractivity contribution in [2.24, 2.45) is 0 Å². The molecule has 1 aromatic heterocycles. The Morgan fingerprint density at radius 3 is 2.59 bits per heavy atom. The number of esters is 1. The minimum atomic E-state index is -0.494. The van der Waals surface area contributed by atoms with E-state index in [9.17, 15) is 14.0 Å². The molecule has 0 fully saturated rings. The lowest BCUT2D eigenvalue weighted by Gasteiger charge is -2.09. The van der Waals surface area contributed by atoms with Gasteiger partial charge in [-0.1, -0.05) is 18.2 Å². The SMILES string of the molecule is COC(=O)c1c(C)[nH]c(C(=O)Nc2cccc(COc3cccc(F)c3)c2)c1C. The first kappa shape index (κ1) is 20.1. The normalized spacial score (nSPS) is 10.5. The summed E-state index contributed by atoms with van der Waals surface area (Å²) in [5.41, 5.74) is 3.12. The molecule has 1 amide bonds. The number of methoxy groups -OCH3 is 1. The maximum Gasteiger partial charge on any atom is 0.339 e. The van der Waals surface area contributed by atoms with Gasteiger partial charge in [0.15, 0.2) is 0 Å². The van der Waals surface area contributed by atoms with Crippen LogP contribution in [-0.2, 0) is 11.3 Å². The number of halogens is 1. The average Bonchev–Trinajstić information content (AvgIpc) is 3.00. The van der Waals surface area contributed by atoms with Crippen LogP contribution in [0.4, 0.5) is 10.1 Å². The third-order valence-corrected chi connectivity index (χ3v) is 4.44. The van der Waals surface area contributed by atoms with Crippen LogP contribution in [0.3, 0.4) is 0 Å². The molecule has 3 rings (SSSR count). The van der Waals surface area contributed by atoms with Crippen molar-refractivity contribution in [3.63, 3.8) is 0 Å². The number of carbonyl (C=O) groups is 2. The summed E-state index contributed by atoms with van der Waals surface area (Å²) < 4.78 is 23.6. The second kappa shape index (κ2) is 8.60. The number of carbonyl (C=O) groups excluding carboxylic acids is 2. The Bertz CT molecular complexity index is 1060. The predicted molar refractivity (Wildman–Crippen MR) is 107 cm³/mol. The van der Waals surface area contributed by atoms with Crippen LogP contribution in [0.5, 0.6) is 5.75 Å². The van der Waals surface area contributed by atoms with Crippen LogP contribution >= 0.6 is 0 Å². The maximum absolute atomic E-state index is 13.2. The van der Waals surface area contributed by atoms with Gasteiger partial charge in [-0.15, -0.1) is 0 Å². The quantitative estimate of drug-likeness (QED) is 0.606. The maximum atomic E-state index is 13.2. The second-order valence-electron chi connectivity index (χ2n) is 6.52. The minimum Gasteiger partial charge on any atom is -0.489 e. The van der Waals surface area contributed by atoms with Gasteiger partial charge in [0.2, 0.25) is 0 Å². The summed E-state index contributed by atoms with van der Waals surface area (Å²) in [7, 11) is 1.30. The molecule has 0 aliphatic heterocycles. The smallest absolute Gasteiger partial charge is 0.339 e. The number of aromatic amines is 1. The topological polar surface area (TPSA) is 80.4 Å². The fourth-order valence-corrected chi connectivity index (χ4v) is 3.04. The fourth-order valence-electron chi connectivity index (χ4n) is 3.04. The van der Waals surface area contributed by atoms with Crippen molar-refractivity contribution in [2.75, 3.05) is 12.4 Å². The lowest BCUT2D eigenvalue weighted by atomic mass is 10.1. The Morgan fingerprint density at radius 2 is 1.86 bits per heavy atom. The van der Waals surface area contributed by atoms with E-state index in [1.807, 2.05) is 6.07 Å². The highest BCUT2D eigenvalue weighted by Crippen LogP contribution is 2.21. The molecule has 1 heterocycles. The molecule has 0 atom stereocenters. The van der Waals surface area contributed by atoms with Gasteiger partial charge in [0.05, 0.1) is 12.7 Å². The van der Waals surface area contributed by atoms with Crippen LogP contribution in [0.2, 0.25) is 0 Å². The molecular weight excluding hydrogens is 375 g/mol. The number of nitrogens with one attached hydrogen (secondary N) is 2. The zero-order valence-electron chi connectivity index (χ0n) is 16.3. The number of aromatic nitrogens is 1. The number of hydrogen-bond acceptors (Lipinski definition) is 4. The van der Waals surface area contributed by atoms with Crippen molar-refractivity contribution in [1.82, 2.24) is 4.98 Å². The minimum absolute atomic E-state index is 0.223. The Morgan fingerprint density at radius 1 is 1.10 bits per heavy atom. The monoisotopic (exact) mass is 396 g/mol. The molecule has 29 heavy (non-hydrogen) atoms. The number of rotatable bonds is 6. The van der Waals surface area contributed by atoms with E-state index in [0.29, 0.717) is 34.0 Å². The van der Waals surface area contributed by atoms with Gasteiger partial charge in [0.1, 0.15) is 23.9 Å². The molecule has 0 aliphatic carbocycles. The van der Waals surface area contributed by atoms with E-state index in [4.69, 9.17) is 9.47 Å². The molecule has 0 unspecified atom stereocenters. The summed E-state index contributed by atoms with van der Waals surface area (Å²) in [6, 6.07) is 13.0. The zero-order valence-corrected chi connectivity index (χ0v) is 16.3. The Kier molecular flexibility index (Phi) is 5.97. The van der Waals surface area contributed by atoms with E-state index < -0.39 is 5.97 Å². The predicted octanol–water partition coefficient (Wildman–Crippen LogP) is 4.39. The molecule has 3 aromatic rings. The first-order valence-corrected chi connectivity index (χ1v) is 8.95. The Hall–Kier alpha value is -3.61. The van der Waals surface area contributed by atoms with E-state index in [1.165, 1.54) is 19.2 Å². The lowest BCUT2D eigenvalue weighted by Crippen LogP contribution is -2.14. The van der Waals surface area contributed by atoms with Crippen molar-refractivity contribution in [3.8, 4) is 5.75 Å². The number of aryl methyl sites for hydroxylation is 1. The van der Waals surface area contributed by atoms with Crippen molar-refractivity contribution >= 4 is 17.6 Å². The van der Waals surface area contributed by atoms with Gasteiger partial charge in [-0.2, -0.15) is 0 Å². The third kappa shape index (κ3) is 4.63. The van der Waals surface area contributed by atoms with Crippen molar-refractivity contribution in [2.45, 2.75) is 20.5 Å². The number of anilines is 1. The zero-order chi connectivity index (χ0) is 21.0. The van der Waals surface area contributed by atoms with E-state index in [-0.39, 0.29) is 18.3 Å². The summed E-state index contributed by atoms with van der Waals surface area (Å²) in [5, 5.41) is 2.81. The summed E-state index contributed by atoms with van der Waals surface area (Å²) in [4.78, 5) is 27.5. The van der Waals surface area contributed by atoms with E-state index >= 15 is 0 Å². The number of H-pyrrole nitrogens is 1. The molecule has 0 aliphatic rings. The molecule has 6 nitrogen and oxygen atoms in total. The van der Waals surface area contributed by atoms with Gasteiger partial charge in [0.25, 0.3) is 5.91 Å². The largest absolute Gasteiger partial charge is 0.489 e. The van der Waals surface area contributed by atoms with Gasteiger partial charge in [-0.25, -0.2) is 9.18 Å². The van der Waals surface area contributed by atoms with Gasteiger partial charge < -0.3 is 19.8 Å². The molecule has 0 radical (unpaired) electrons. The molecule has 150 valence electrons. The summed E-state index contributed by atoms with van der Waals surface area (Å²) in [5.74, 6) is -0.811. The van der Waals surface area contributed by atoms with E-state index in [2.05, 4.69) is 10.3 Å². The van der Waals surface area contributed by atoms with Crippen LogP contribution in [0.25, 0.3) is 0 Å². The standard InChI is InChI=1S/C22H21FN2O4/c1-13-19(22(27)28-3)14(2)24-20(13)21(26)25-17-8-4-6-15(10-17)12-29-18-9-5-7-16(23)11-18/h4-11,24H,12H2,1-3H3,(H,25,26). The Labute approximate surface area is 167 Å². The van der Waals surface area contributed by atoms with Gasteiger partial charge >= 0.3 is 5.97 Å². The molecule has 2 N–H and O–H groups in total. The molecular formula is C22H21FN2O4. The first-order valence-electron chi connectivity index (χ1n) is 8.95. The van der Waals surface area contributed by atoms with E-state index in [1.54, 1.807) is 44.2 Å². The number of amides is 1. The second-order valence-corrected chi connectivity index (χ2v) is 6.52. The molecule has 0 saturated carbocycles. The molecule has 0 spiro atoms. The molecule has 7 heteroatoms. The van der Waals surface area contributed by atoms with Crippen LogP contribution in [0.15, 0.2) is 48.5 Å². The number of ether oxygens (including phenoxy) is 2. The van der Waals surface area contributed by atoms with E-state index in [0.717, 1.165) is 5.56 Å². The number of hydrogen-bond donors (Lipinski definition) is 2. The average molecular weight is 396 g/mol. The lowest BCUT2D eigenvalue weighted by molar-refractivity contribution is 0.0599. The molecule has 2 aromatic carbocycles. The third-order valence-electron chi connectivity index (χ3n) is 4.44. The summed E-state index contributed by atoms with van der Waals surface area (Å²) in [6.07, 6.45) is 0. The van der Waals surface area contributed by atoms with Gasteiger partial charge in [-0.05, 0) is 49.2 Å². The van der Waals surface area contributed by atoms with Crippen molar-refractivity contribution < 1.29 is 23.5 Å². The van der Waals surface area contributed by atoms with Gasteiger partial charge in [-0.3, -0.25) is 4.79 Å². The number of benzene rings is 2.